The molecule has 6 heteroatoms. The van der Waals surface area contributed by atoms with Crippen molar-refractivity contribution in [3.63, 3.8) is 0 Å². The van der Waals surface area contributed by atoms with Gasteiger partial charge in [-0.25, -0.2) is 0 Å². The third-order valence-electron chi connectivity index (χ3n) is 2.27. The minimum absolute atomic E-state index is 0.0108. The number of anilines is 1. The van der Waals surface area contributed by atoms with Crippen molar-refractivity contribution in [3.05, 3.63) is 27.8 Å². The van der Waals surface area contributed by atoms with E-state index in [0.29, 0.717) is 24.2 Å². The van der Waals surface area contributed by atoms with Gasteiger partial charge >= 0.3 is 0 Å². The second-order valence-corrected chi connectivity index (χ2v) is 3.27. The Balaban J connectivity index is 3.18. The molecule has 1 aromatic carbocycles. The van der Waals surface area contributed by atoms with E-state index in [-0.39, 0.29) is 18.0 Å². The van der Waals surface area contributed by atoms with Crippen molar-refractivity contribution >= 4 is 11.4 Å². The van der Waals surface area contributed by atoms with Gasteiger partial charge in [-0.3, -0.25) is 10.1 Å². The molecule has 0 saturated carbocycles. The van der Waals surface area contributed by atoms with Crippen molar-refractivity contribution in [3.8, 4) is 5.75 Å². The van der Waals surface area contributed by atoms with Gasteiger partial charge < -0.3 is 15.6 Å². The highest BCUT2D eigenvalue weighted by molar-refractivity contribution is 5.70. The van der Waals surface area contributed by atoms with Gasteiger partial charge in [0.1, 0.15) is 5.75 Å². The molecule has 0 aromatic heterocycles. The molecule has 1 aromatic rings. The minimum atomic E-state index is -0.523. The lowest BCUT2D eigenvalue weighted by Gasteiger charge is -2.08. The topological polar surface area (TPSA) is 98.6 Å². The van der Waals surface area contributed by atoms with Crippen LogP contribution in [0.2, 0.25) is 0 Å². The van der Waals surface area contributed by atoms with E-state index in [2.05, 4.69) is 0 Å². The fourth-order valence-corrected chi connectivity index (χ4v) is 1.50. The number of nitro groups is 1. The van der Waals surface area contributed by atoms with Crippen LogP contribution in [-0.2, 0) is 6.42 Å². The molecule has 0 aliphatic heterocycles. The van der Waals surface area contributed by atoms with E-state index < -0.39 is 4.92 Å². The van der Waals surface area contributed by atoms with Gasteiger partial charge in [-0.2, -0.15) is 0 Å². The Morgan fingerprint density at radius 2 is 2.25 bits per heavy atom. The zero-order valence-corrected chi connectivity index (χ0v) is 8.97. The van der Waals surface area contributed by atoms with Crippen LogP contribution >= 0.6 is 0 Å². The quantitative estimate of drug-likeness (QED) is 0.445. The Hall–Kier alpha value is -1.82. The third kappa shape index (κ3) is 2.40. The summed E-state index contributed by atoms with van der Waals surface area (Å²) in [6, 6.07) is 3.19. The van der Waals surface area contributed by atoms with E-state index in [1.807, 2.05) is 0 Å². The van der Waals surface area contributed by atoms with Crippen LogP contribution in [0.25, 0.3) is 0 Å². The second kappa shape index (κ2) is 5.32. The largest absolute Gasteiger partial charge is 0.494 e. The number of nitro benzene ring substituents is 1. The van der Waals surface area contributed by atoms with Crippen molar-refractivity contribution in [2.24, 2.45) is 0 Å². The van der Waals surface area contributed by atoms with Gasteiger partial charge in [-0.1, -0.05) is 0 Å². The Morgan fingerprint density at radius 3 is 2.75 bits per heavy atom. The maximum Gasteiger partial charge on any atom is 0.299 e. The number of benzene rings is 1. The van der Waals surface area contributed by atoms with Gasteiger partial charge in [-0.15, -0.1) is 0 Å². The number of nitrogens with zero attached hydrogens (tertiary/aromatic N) is 1. The number of methoxy groups -OCH3 is 1. The van der Waals surface area contributed by atoms with Crippen LogP contribution in [0.15, 0.2) is 12.1 Å². The number of hydrogen-bond acceptors (Lipinski definition) is 5. The summed E-state index contributed by atoms with van der Waals surface area (Å²) in [4.78, 5) is 10.4. The molecule has 0 bridgehead atoms. The highest BCUT2D eigenvalue weighted by Gasteiger charge is 2.21. The molecule has 0 spiro atoms. The first kappa shape index (κ1) is 12.3. The Morgan fingerprint density at radius 1 is 1.56 bits per heavy atom. The lowest BCUT2D eigenvalue weighted by atomic mass is 10.1. The second-order valence-electron chi connectivity index (χ2n) is 3.27. The van der Waals surface area contributed by atoms with E-state index in [0.717, 1.165) is 0 Å². The number of nitrogens with two attached hydrogens (primary N) is 1. The molecule has 3 N–H and O–H groups in total. The van der Waals surface area contributed by atoms with Crippen LogP contribution in [-0.4, -0.2) is 23.7 Å². The van der Waals surface area contributed by atoms with Crippen molar-refractivity contribution in [1.82, 2.24) is 0 Å². The smallest absolute Gasteiger partial charge is 0.299 e. The highest BCUT2D eigenvalue weighted by atomic mass is 16.6. The molecule has 1 rings (SSSR count). The monoisotopic (exact) mass is 226 g/mol. The number of ether oxygens (including phenoxy) is 1. The average molecular weight is 226 g/mol. The van der Waals surface area contributed by atoms with Gasteiger partial charge in [0.2, 0.25) is 0 Å². The summed E-state index contributed by atoms with van der Waals surface area (Å²) < 4.78 is 4.92. The fourth-order valence-electron chi connectivity index (χ4n) is 1.50. The standard InChI is InChI=1S/C10H14N2O4/c1-16-8-5-4-7(3-2-6-13)10(9(8)11)12(14)15/h4-5,13H,2-3,6,11H2,1H3. The normalized spacial score (nSPS) is 10.1. The maximum absolute atomic E-state index is 10.9. The van der Waals surface area contributed by atoms with E-state index >= 15 is 0 Å². The summed E-state index contributed by atoms with van der Waals surface area (Å²) in [6.07, 6.45) is 0.883. The number of aliphatic hydroxyl groups is 1. The molecule has 0 saturated heterocycles. The van der Waals surface area contributed by atoms with Crippen LogP contribution in [0.4, 0.5) is 11.4 Å². The van der Waals surface area contributed by atoms with Gasteiger partial charge in [0.25, 0.3) is 5.69 Å². The van der Waals surface area contributed by atoms with Crippen molar-refractivity contribution in [2.45, 2.75) is 12.8 Å². The van der Waals surface area contributed by atoms with E-state index in [1.54, 1.807) is 12.1 Å². The number of aryl methyl sites for hydroxylation is 1. The van der Waals surface area contributed by atoms with Crippen molar-refractivity contribution < 1.29 is 14.8 Å². The highest BCUT2D eigenvalue weighted by Crippen LogP contribution is 2.34. The molecule has 0 aliphatic rings. The van der Waals surface area contributed by atoms with Crippen molar-refractivity contribution in [2.75, 3.05) is 19.5 Å². The Labute approximate surface area is 92.8 Å². The van der Waals surface area contributed by atoms with Crippen LogP contribution in [0.5, 0.6) is 5.75 Å². The summed E-state index contributed by atoms with van der Waals surface area (Å²) in [5.41, 5.74) is 6.05. The summed E-state index contributed by atoms with van der Waals surface area (Å²) in [7, 11) is 1.41. The van der Waals surface area contributed by atoms with E-state index in [4.69, 9.17) is 15.6 Å². The van der Waals surface area contributed by atoms with Gasteiger partial charge in [0.15, 0.2) is 5.69 Å². The van der Waals surface area contributed by atoms with E-state index in [1.165, 1.54) is 7.11 Å². The number of rotatable bonds is 5. The minimum Gasteiger partial charge on any atom is -0.494 e. The predicted molar refractivity (Wildman–Crippen MR) is 59.5 cm³/mol. The molecule has 16 heavy (non-hydrogen) atoms. The summed E-state index contributed by atoms with van der Waals surface area (Å²) in [5.74, 6) is 0.291. The molecular weight excluding hydrogens is 212 g/mol. The zero-order valence-electron chi connectivity index (χ0n) is 8.97. The van der Waals surface area contributed by atoms with Crippen LogP contribution in [0, 0.1) is 10.1 Å². The predicted octanol–water partition coefficient (Wildman–Crippen LogP) is 1.11. The first-order valence-corrected chi connectivity index (χ1v) is 4.82. The van der Waals surface area contributed by atoms with Gasteiger partial charge in [-0.05, 0) is 25.0 Å². The van der Waals surface area contributed by atoms with Crippen molar-refractivity contribution in [1.29, 1.82) is 0 Å². The molecule has 0 heterocycles. The molecule has 0 fully saturated rings. The number of nitrogen functional groups attached to an aromatic ring is 1. The van der Waals surface area contributed by atoms with E-state index in [9.17, 15) is 10.1 Å². The summed E-state index contributed by atoms with van der Waals surface area (Å²) in [6.45, 7) is -0.0108. The van der Waals surface area contributed by atoms with Gasteiger partial charge in [0.05, 0.1) is 12.0 Å². The van der Waals surface area contributed by atoms with Crippen LogP contribution in [0.1, 0.15) is 12.0 Å². The average Bonchev–Trinajstić information content (AvgIpc) is 2.25. The molecule has 6 nitrogen and oxygen atoms in total. The summed E-state index contributed by atoms with van der Waals surface area (Å²) in [5, 5.41) is 19.6. The summed E-state index contributed by atoms with van der Waals surface area (Å²) >= 11 is 0. The lowest BCUT2D eigenvalue weighted by Crippen LogP contribution is -2.03. The van der Waals surface area contributed by atoms with Crippen LogP contribution < -0.4 is 10.5 Å². The Kier molecular flexibility index (Phi) is 4.07. The number of hydrogen-bond donors (Lipinski definition) is 2. The molecular formula is C10H14N2O4. The first-order chi connectivity index (χ1) is 7.61. The molecule has 88 valence electrons. The molecule has 0 radical (unpaired) electrons. The molecule has 0 amide bonds. The lowest BCUT2D eigenvalue weighted by molar-refractivity contribution is -0.384. The molecule has 0 aliphatic carbocycles. The Bertz CT molecular complexity index is 393. The molecule has 0 atom stereocenters. The maximum atomic E-state index is 10.9. The zero-order chi connectivity index (χ0) is 12.1. The first-order valence-electron chi connectivity index (χ1n) is 4.82. The third-order valence-corrected chi connectivity index (χ3v) is 2.27. The SMILES string of the molecule is COc1ccc(CCCO)c([N+](=O)[O-])c1N. The number of aliphatic hydroxyl groups excluding tert-OH is 1. The molecule has 0 unspecified atom stereocenters. The van der Waals surface area contributed by atoms with Crippen LogP contribution in [0.3, 0.4) is 0 Å². The van der Waals surface area contributed by atoms with Gasteiger partial charge in [0, 0.05) is 12.2 Å². The fraction of sp³-hybridized carbons (Fsp3) is 0.400.